The molecule has 0 N–H and O–H groups in total. The first-order valence-electron chi connectivity index (χ1n) is 9.60. The molecule has 5 nitrogen and oxygen atoms in total. The second-order valence-electron chi connectivity index (χ2n) is 9.79. The molecule has 0 saturated carbocycles. The van der Waals surface area contributed by atoms with Gasteiger partial charge in [0.1, 0.15) is 11.4 Å². The summed E-state index contributed by atoms with van der Waals surface area (Å²) in [4.78, 5) is 14.2. The Morgan fingerprint density at radius 3 is 2.15 bits per heavy atom. The van der Waals surface area contributed by atoms with Crippen LogP contribution in [0.4, 0.5) is 4.79 Å². The first-order chi connectivity index (χ1) is 12.2. The predicted molar refractivity (Wildman–Crippen MR) is 111 cm³/mol. The van der Waals surface area contributed by atoms with Crippen molar-refractivity contribution in [2.45, 2.75) is 78.2 Å². The van der Waals surface area contributed by atoms with E-state index in [1.165, 1.54) is 5.56 Å². The van der Waals surface area contributed by atoms with E-state index < -0.39 is 13.9 Å². The van der Waals surface area contributed by atoms with Crippen molar-refractivity contribution in [2.75, 3.05) is 13.7 Å². The first kappa shape index (κ1) is 21.6. The van der Waals surface area contributed by atoms with Gasteiger partial charge in [0, 0.05) is 13.1 Å². The highest BCUT2D eigenvalue weighted by Crippen LogP contribution is 2.41. The third kappa shape index (κ3) is 5.18. The molecule has 2 rings (SSSR count). The van der Waals surface area contributed by atoms with Gasteiger partial charge in [0.2, 0.25) is 0 Å². The topological polar surface area (TPSA) is 48.0 Å². The van der Waals surface area contributed by atoms with Crippen molar-refractivity contribution in [3.63, 3.8) is 0 Å². The molecule has 1 aromatic carbocycles. The van der Waals surface area contributed by atoms with Crippen LogP contribution < -0.4 is 9.16 Å². The summed E-state index contributed by atoms with van der Waals surface area (Å²) in [5, 5.41) is 0.0937. The molecule has 0 aliphatic carbocycles. The van der Waals surface area contributed by atoms with Crippen LogP contribution in [-0.2, 0) is 17.7 Å². The summed E-state index contributed by atoms with van der Waals surface area (Å²) >= 11 is 0. The summed E-state index contributed by atoms with van der Waals surface area (Å²) in [5.41, 5.74) is 1.81. The van der Waals surface area contributed by atoms with Gasteiger partial charge in [-0.05, 0) is 68.6 Å². The summed E-state index contributed by atoms with van der Waals surface area (Å²) in [5.74, 6) is 1.54. The fourth-order valence-electron chi connectivity index (χ4n) is 2.71. The standard InChI is InChI=1S/C21H35NO4Si/c1-20(2,3)25-19(23)22-11-10-15-12-17(24-7)18(13-16(15)14-22)26-27(8,9)21(4,5)6/h12-13H,10-11,14H2,1-9H3. The minimum atomic E-state index is -1.99. The van der Waals surface area contributed by atoms with Crippen LogP contribution in [0.3, 0.4) is 0 Å². The maximum atomic E-state index is 12.4. The fraction of sp³-hybridized carbons (Fsp3) is 0.667. The van der Waals surface area contributed by atoms with Crippen molar-refractivity contribution < 1.29 is 18.7 Å². The Morgan fingerprint density at radius 2 is 1.63 bits per heavy atom. The zero-order chi connectivity index (χ0) is 20.6. The fourth-order valence-corrected chi connectivity index (χ4v) is 3.73. The van der Waals surface area contributed by atoms with Crippen LogP contribution in [0.1, 0.15) is 52.7 Å². The second-order valence-corrected chi connectivity index (χ2v) is 14.5. The maximum Gasteiger partial charge on any atom is 0.410 e. The molecule has 27 heavy (non-hydrogen) atoms. The maximum absolute atomic E-state index is 12.4. The van der Waals surface area contributed by atoms with E-state index >= 15 is 0 Å². The van der Waals surface area contributed by atoms with Crippen molar-refractivity contribution in [3.8, 4) is 11.5 Å². The lowest BCUT2D eigenvalue weighted by Gasteiger charge is -2.37. The van der Waals surface area contributed by atoms with Gasteiger partial charge in [0.05, 0.1) is 7.11 Å². The van der Waals surface area contributed by atoms with Crippen molar-refractivity contribution in [3.05, 3.63) is 23.3 Å². The van der Waals surface area contributed by atoms with Gasteiger partial charge in [0.25, 0.3) is 8.32 Å². The molecule has 0 spiro atoms. The largest absolute Gasteiger partial charge is 0.541 e. The van der Waals surface area contributed by atoms with Crippen molar-refractivity contribution in [2.24, 2.45) is 0 Å². The number of benzene rings is 1. The van der Waals surface area contributed by atoms with Gasteiger partial charge in [-0.3, -0.25) is 0 Å². The van der Waals surface area contributed by atoms with E-state index in [1.54, 1.807) is 12.0 Å². The molecule has 1 aliphatic rings. The zero-order valence-electron chi connectivity index (χ0n) is 18.4. The molecule has 0 radical (unpaired) electrons. The number of carbonyl (C=O) groups is 1. The number of carbonyl (C=O) groups excluding carboxylic acids is 1. The number of methoxy groups -OCH3 is 1. The lowest BCUT2D eigenvalue weighted by molar-refractivity contribution is 0.0223. The number of amides is 1. The summed E-state index contributed by atoms with van der Waals surface area (Å²) in [6, 6.07) is 4.11. The summed E-state index contributed by atoms with van der Waals surface area (Å²) < 4.78 is 17.6. The minimum Gasteiger partial charge on any atom is -0.541 e. The molecule has 0 atom stereocenters. The van der Waals surface area contributed by atoms with Crippen LogP contribution in [0.2, 0.25) is 18.1 Å². The predicted octanol–water partition coefficient (Wildman–Crippen LogP) is 5.37. The SMILES string of the molecule is COc1cc2c(cc1O[Si](C)(C)C(C)(C)C)CN(C(=O)OC(C)(C)C)CC2. The monoisotopic (exact) mass is 393 g/mol. The highest BCUT2D eigenvalue weighted by atomic mass is 28.4. The van der Waals surface area contributed by atoms with Gasteiger partial charge < -0.3 is 18.8 Å². The van der Waals surface area contributed by atoms with Gasteiger partial charge >= 0.3 is 6.09 Å². The Kier molecular flexibility index (Phi) is 5.90. The molecule has 0 bridgehead atoms. The second kappa shape index (κ2) is 7.38. The Balaban J connectivity index is 2.29. The van der Waals surface area contributed by atoms with E-state index in [4.69, 9.17) is 13.9 Å². The average molecular weight is 394 g/mol. The van der Waals surface area contributed by atoms with Crippen molar-refractivity contribution >= 4 is 14.4 Å². The van der Waals surface area contributed by atoms with Gasteiger partial charge in [-0.25, -0.2) is 4.79 Å². The van der Waals surface area contributed by atoms with E-state index in [0.717, 1.165) is 23.5 Å². The normalized spacial score (nSPS) is 15.2. The van der Waals surface area contributed by atoms with Crippen LogP contribution in [0.15, 0.2) is 12.1 Å². The zero-order valence-corrected chi connectivity index (χ0v) is 19.4. The van der Waals surface area contributed by atoms with E-state index in [2.05, 4.69) is 39.9 Å². The summed E-state index contributed by atoms with van der Waals surface area (Å²) in [7, 11) is -0.318. The number of hydrogen-bond acceptors (Lipinski definition) is 4. The highest BCUT2D eigenvalue weighted by molar-refractivity contribution is 6.74. The van der Waals surface area contributed by atoms with E-state index in [-0.39, 0.29) is 11.1 Å². The Hall–Kier alpha value is -1.69. The van der Waals surface area contributed by atoms with Crippen LogP contribution in [0.25, 0.3) is 0 Å². The van der Waals surface area contributed by atoms with E-state index in [0.29, 0.717) is 13.1 Å². The van der Waals surface area contributed by atoms with Crippen LogP contribution >= 0.6 is 0 Å². The quantitative estimate of drug-likeness (QED) is 0.648. The summed E-state index contributed by atoms with van der Waals surface area (Å²) in [6.45, 7) is 17.9. The Morgan fingerprint density at radius 1 is 1.04 bits per heavy atom. The van der Waals surface area contributed by atoms with Crippen molar-refractivity contribution in [1.29, 1.82) is 0 Å². The molecule has 1 aliphatic heterocycles. The third-order valence-corrected chi connectivity index (χ3v) is 9.66. The van der Waals surface area contributed by atoms with Gasteiger partial charge in [-0.1, -0.05) is 20.8 Å². The van der Waals surface area contributed by atoms with Gasteiger partial charge in [-0.15, -0.1) is 0 Å². The van der Waals surface area contributed by atoms with Crippen LogP contribution in [0, 0.1) is 0 Å². The lowest BCUT2D eigenvalue weighted by atomic mass is 9.99. The number of hydrogen-bond donors (Lipinski definition) is 0. The van der Waals surface area contributed by atoms with Gasteiger partial charge in [-0.2, -0.15) is 0 Å². The average Bonchev–Trinajstić information content (AvgIpc) is 2.50. The molecule has 6 heteroatoms. The Labute approximate surface area is 165 Å². The minimum absolute atomic E-state index is 0.0937. The number of rotatable bonds is 3. The van der Waals surface area contributed by atoms with Crippen LogP contribution in [-0.4, -0.2) is 38.6 Å². The third-order valence-electron chi connectivity index (χ3n) is 5.32. The van der Waals surface area contributed by atoms with Gasteiger partial charge in [0.15, 0.2) is 5.75 Å². The lowest BCUT2D eigenvalue weighted by Crippen LogP contribution is -2.44. The first-order valence-corrected chi connectivity index (χ1v) is 12.5. The molecule has 0 fully saturated rings. The molecule has 1 amide bonds. The molecule has 0 aromatic heterocycles. The van der Waals surface area contributed by atoms with E-state index in [9.17, 15) is 4.79 Å². The molecular formula is C21H35NO4Si. The highest BCUT2D eigenvalue weighted by Gasteiger charge is 2.40. The molecule has 0 unspecified atom stereocenters. The summed E-state index contributed by atoms with van der Waals surface area (Å²) in [6.07, 6.45) is 0.515. The number of fused-ring (bicyclic) bond motifs is 1. The number of nitrogens with zero attached hydrogens (tertiary/aromatic N) is 1. The van der Waals surface area contributed by atoms with E-state index in [1.807, 2.05) is 26.8 Å². The molecule has 1 heterocycles. The molecule has 0 saturated heterocycles. The molecule has 1 aromatic rings. The smallest absolute Gasteiger partial charge is 0.410 e. The molecular weight excluding hydrogens is 358 g/mol. The number of ether oxygens (including phenoxy) is 2. The Bertz CT molecular complexity index is 701. The van der Waals surface area contributed by atoms with Crippen LogP contribution in [0.5, 0.6) is 11.5 Å². The van der Waals surface area contributed by atoms with Crippen molar-refractivity contribution in [1.82, 2.24) is 4.90 Å². The molecule has 152 valence electrons.